The second-order valence-corrected chi connectivity index (χ2v) is 9.08. The van der Waals surface area contributed by atoms with Crippen molar-refractivity contribution in [2.24, 2.45) is 10.8 Å². The maximum Gasteiger partial charge on any atom is 0.246 e. The van der Waals surface area contributed by atoms with Gasteiger partial charge in [0.15, 0.2) is 0 Å². The lowest BCUT2D eigenvalue weighted by Crippen LogP contribution is -2.40. The molecule has 148 valence electrons. The molecule has 0 saturated carbocycles. The molecule has 2 amide bonds. The van der Waals surface area contributed by atoms with E-state index in [-0.39, 0.29) is 29.1 Å². The van der Waals surface area contributed by atoms with Gasteiger partial charge in [0, 0.05) is 23.8 Å². The second kappa shape index (κ2) is 11.8. The summed E-state index contributed by atoms with van der Waals surface area (Å²) in [5, 5.41) is 5.73. The maximum atomic E-state index is 12.2. The van der Waals surface area contributed by atoms with Crippen molar-refractivity contribution < 1.29 is 19.1 Å². The van der Waals surface area contributed by atoms with Crippen molar-refractivity contribution >= 4 is 24.4 Å². The van der Waals surface area contributed by atoms with Gasteiger partial charge in [0.2, 0.25) is 11.8 Å². The molecule has 2 N–H and O–H groups in total. The van der Waals surface area contributed by atoms with Crippen LogP contribution in [0.3, 0.4) is 0 Å². The van der Waals surface area contributed by atoms with Crippen LogP contribution in [0.5, 0.6) is 0 Å². The molecule has 0 aromatic carbocycles. The van der Waals surface area contributed by atoms with E-state index in [1.165, 1.54) is 0 Å². The van der Waals surface area contributed by atoms with Crippen LogP contribution in [0.1, 0.15) is 48.0 Å². The molecule has 25 heavy (non-hydrogen) atoms. The Hall–Kier alpha value is -0.790. The summed E-state index contributed by atoms with van der Waals surface area (Å²) in [6, 6.07) is 0. The fraction of sp³-hybridized carbons (Fsp3) is 0.889. The molecule has 0 aliphatic heterocycles. The third-order valence-electron chi connectivity index (χ3n) is 3.32. The molecule has 1 atom stereocenters. The van der Waals surface area contributed by atoms with Gasteiger partial charge in [-0.05, 0) is 11.8 Å². The van der Waals surface area contributed by atoms with Crippen LogP contribution in [0.25, 0.3) is 0 Å². The van der Waals surface area contributed by atoms with Crippen molar-refractivity contribution in [1.82, 2.24) is 10.6 Å². The average Bonchev–Trinajstić information content (AvgIpc) is 2.45. The molecule has 0 saturated heterocycles. The van der Waals surface area contributed by atoms with Gasteiger partial charge in [-0.25, -0.2) is 0 Å². The predicted octanol–water partition coefficient (Wildman–Crippen LogP) is 2.03. The van der Waals surface area contributed by atoms with E-state index in [0.717, 1.165) is 6.42 Å². The highest BCUT2D eigenvalue weighted by Gasteiger charge is 2.32. The average molecular weight is 377 g/mol. The Morgan fingerprint density at radius 2 is 1.60 bits per heavy atom. The minimum atomic E-state index is -0.404. The summed E-state index contributed by atoms with van der Waals surface area (Å²) >= 11 is 4.18. The van der Waals surface area contributed by atoms with E-state index in [0.29, 0.717) is 32.9 Å². The van der Waals surface area contributed by atoms with Crippen LogP contribution >= 0.6 is 12.6 Å². The zero-order valence-electron chi connectivity index (χ0n) is 16.6. The number of hydrogen-bond acceptors (Lipinski definition) is 5. The number of amides is 2. The Bertz CT molecular complexity index is 406. The lowest BCUT2D eigenvalue weighted by molar-refractivity contribution is -0.131. The predicted molar refractivity (Wildman–Crippen MR) is 104 cm³/mol. The largest absolute Gasteiger partial charge is 0.377 e. The van der Waals surface area contributed by atoms with Crippen molar-refractivity contribution in [2.75, 3.05) is 39.5 Å². The van der Waals surface area contributed by atoms with E-state index < -0.39 is 5.41 Å². The van der Waals surface area contributed by atoms with Crippen LogP contribution < -0.4 is 10.6 Å². The summed E-state index contributed by atoms with van der Waals surface area (Å²) in [7, 11) is 0. The van der Waals surface area contributed by atoms with Crippen molar-refractivity contribution in [2.45, 2.75) is 53.2 Å². The molecule has 0 rings (SSSR count). The maximum absolute atomic E-state index is 12.2. The van der Waals surface area contributed by atoms with Crippen LogP contribution in [-0.2, 0) is 19.1 Å². The van der Waals surface area contributed by atoms with Crippen molar-refractivity contribution in [1.29, 1.82) is 0 Å². The fourth-order valence-electron chi connectivity index (χ4n) is 2.58. The van der Waals surface area contributed by atoms with Gasteiger partial charge in [0.25, 0.3) is 0 Å². The molecular formula is C18H36N2O4S. The van der Waals surface area contributed by atoms with E-state index in [9.17, 15) is 9.59 Å². The highest BCUT2D eigenvalue weighted by Crippen LogP contribution is 2.33. The fourth-order valence-corrected chi connectivity index (χ4v) is 2.67. The van der Waals surface area contributed by atoms with Gasteiger partial charge in [-0.1, -0.05) is 41.5 Å². The zero-order chi connectivity index (χ0) is 19.5. The van der Waals surface area contributed by atoms with Crippen molar-refractivity contribution in [3.8, 4) is 0 Å². The number of ether oxygens (including phenoxy) is 2. The third kappa shape index (κ3) is 14.1. The number of carbonyl (C=O) groups is 2. The molecule has 0 bridgehead atoms. The molecule has 0 spiro atoms. The van der Waals surface area contributed by atoms with Crippen LogP contribution in [-0.4, -0.2) is 56.6 Å². The van der Waals surface area contributed by atoms with E-state index in [1.807, 2.05) is 20.8 Å². The zero-order valence-corrected chi connectivity index (χ0v) is 17.5. The van der Waals surface area contributed by atoms with Crippen molar-refractivity contribution in [3.63, 3.8) is 0 Å². The first-order valence-electron chi connectivity index (χ1n) is 8.82. The minimum absolute atomic E-state index is 0.0155. The summed E-state index contributed by atoms with van der Waals surface area (Å²) in [5.74, 6) is -0.119. The third-order valence-corrected chi connectivity index (χ3v) is 3.50. The lowest BCUT2D eigenvalue weighted by Gasteiger charge is -2.31. The normalized spacial score (nSPS) is 13.4. The summed E-state index contributed by atoms with van der Waals surface area (Å²) in [6.45, 7) is 14.4. The Morgan fingerprint density at radius 1 is 1.00 bits per heavy atom. The Balaban J connectivity index is 3.67. The summed E-state index contributed by atoms with van der Waals surface area (Å²) in [6.07, 6.45) is 0.814. The van der Waals surface area contributed by atoms with Crippen LogP contribution in [0, 0.1) is 10.8 Å². The molecular weight excluding hydrogens is 340 g/mol. The number of hydrogen-bond donors (Lipinski definition) is 3. The second-order valence-electron chi connectivity index (χ2n) is 8.20. The molecule has 7 heteroatoms. The highest BCUT2D eigenvalue weighted by atomic mass is 32.1. The first-order valence-corrected chi connectivity index (χ1v) is 9.34. The van der Waals surface area contributed by atoms with Gasteiger partial charge in [-0.2, -0.15) is 12.6 Å². The molecule has 0 aromatic heterocycles. The monoisotopic (exact) mass is 376 g/mol. The smallest absolute Gasteiger partial charge is 0.246 e. The molecule has 6 nitrogen and oxygen atoms in total. The van der Waals surface area contributed by atoms with E-state index >= 15 is 0 Å². The Morgan fingerprint density at radius 3 is 2.16 bits per heavy atom. The number of thiol groups is 1. The van der Waals surface area contributed by atoms with E-state index in [4.69, 9.17) is 9.47 Å². The molecule has 0 aliphatic rings. The SMILES string of the molecule is CC(S)CNC(=O)COCCOCCNC(=O)C(C)(C)CC(C)(C)C. The number of carbonyl (C=O) groups excluding carboxylic acids is 2. The molecule has 0 aliphatic carbocycles. The van der Waals surface area contributed by atoms with Gasteiger partial charge < -0.3 is 20.1 Å². The number of rotatable bonds is 12. The standard InChI is InChI=1S/C18H36N2O4S/c1-14(25)11-20-15(21)12-24-10-9-23-8-7-19-16(22)18(5,6)13-17(2,3)4/h14,25H,7-13H2,1-6H3,(H,19,22)(H,20,21). The van der Waals surface area contributed by atoms with Crippen LogP contribution in [0.4, 0.5) is 0 Å². The van der Waals surface area contributed by atoms with Crippen LogP contribution in [0.15, 0.2) is 0 Å². The first kappa shape index (κ1) is 24.2. The van der Waals surface area contributed by atoms with Gasteiger partial charge >= 0.3 is 0 Å². The minimum Gasteiger partial charge on any atom is -0.377 e. The topological polar surface area (TPSA) is 76.7 Å². The summed E-state index contributed by atoms with van der Waals surface area (Å²) in [5.41, 5.74) is -0.300. The van der Waals surface area contributed by atoms with E-state index in [2.05, 4.69) is 44.0 Å². The molecule has 0 aromatic rings. The summed E-state index contributed by atoms with van der Waals surface area (Å²) < 4.78 is 10.6. The van der Waals surface area contributed by atoms with Gasteiger partial charge in [-0.15, -0.1) is 0 Å². The van der Waals surface area contributed by atoms with Gasteiger partial charge in [0.05, 0.1) is 19.8 Å². The Labute approximate surface area is 158 Å². The Kier molecular flexibility index (Phi) is 11.4. The quantitative estimate of drug-likeness (QED) is 0.360. The first-order chi connectivity index (χ1) is 11.4. The van der Waals surface area contributed by atoms with E-state index in [1.54, 1.807) is 0 Å². The van der Waals surface area contributed by atoms with Crippen molar-refractivity contribution in [3.05, 3.63) is 0 Å². The van der Waals surface area contributed by atoms with Gasteiger partial charge in [-0.3, -0.25) is 9.59 Å². The number of nitrogens with one attached hydrogen (secondary N) is 2. The molecule has 0 radical (unpaired) electrons. The molecule has 0 heterocycles. The lowest BCUT2D eigenvalue weighted by atomic mass is 9.76. The molecule has 0 fully saturated rings. The highest BCUT2D eigenvalue weighted by molar-refractivity contribution is 7.80. The van der Waals surface area contributed by atoms with Gasteiger partial charge in [0.1, 0.15) is 6.61 Å². The molecule has 1 unspecified atom stereocenters. The summed E-state index contributed by atoms with van der Waals surface area (Å²) in [4.78, 5) is 23.6. The van der Waals surface area contributed by atoms with Crippen LogP contribution in [0.2, 0.25) is 0 Å².